The maximum atomic E-state index is 11.2. The maximum absolute atomic E-state index is 11.2. The average molecular weight is 278 g/mol. The number of hydrogen-bond donors (Lipinski definition) is 0. The molecule has 86 valence electrons. The van der Waals surface area contributed by atoms with Gasteiger partial charge in [-0.25, -0.2) is 13.4 Å². The summed E-state index contributed by atoms with van der Waals surface area (Å²) in [7, 11) is -3.19. The summed E-state index contributed by atoms with van der Waals surface area (Å²) in [6, 6.07) is 0. The Morgan fingerprint density at radius 2 is 2.25 bits per heavy atom. The SMILES string of the molecule is CS(=O)(=O)c1cnn(Cc2cnc(Cl)s2)c1. The van der Waals surface area contributed by atoms with Crippen LogP contribution < -0.4 is 0 Å². The zero-order valence-corrected chi connectivity index (χ0v) is 10.7. The lowest BCUT2D eigenvalue weighted by Crippen LogP contribution is -1.98. The summed E-state index contributed by atoms with van der Waals surface area (Å²) in [6.07, 6.45) is 5.62. The fourth-order valence-electron chi connectivity index (χ4n) is 1.14. The van der Waals surface area contributed by atoms with Crippen LogP contribution in [0.3, 0.4) is 0 Å². The van der Waals surface area contributed by atoms with Gasteiger partial charge in [-0.1, -0.05) is 11.6 Å². The third-order valence-corrected chi connectivity index (χ3v) is 4.05. The summed E-state index contributed by atoms with van der Waals surface area (Å²) in [6.45, 7) is 0.472. The highest BCUT2D eigenvalue weighted by molar-refractivity contribution is 7.90. The standard InChI is InChI=1S/C8H8ClN3O2S2/c1-16(13,14)7-3-11-12(5-7)4-6-2-10-8(9)15-6/h2-3,5H,4H2,1H3. The van der Waals surface area contributed by atoms with Crippen LogP contribution in [0.25, 0.3) is 0 Å². The second-order valence-electron chi connectivity index (χ2n) is 3.23. The first-order valence-electron chi connectivity index (χ1n) is 4.28. The van der Waals surface area contributed by atoms with E-state index in [1.165, 1.54) is 23.7 Å². The summed E-state index contributed by atoms with van der Waals surface area (Å²) in [5.74, 6) is 0. The van der Waals surface area contributed by atoms with Crippen LogP contribution in [-0.2, 0) is 16.4 Å². The van der Waals surface area contributed by atoms with Crippen molar-refractivity contribution in [2.45, 2.75) is 11.4 Å². The molecule has 0 aliphatic rings. The first-order chi connectivity index (χ1) is 7.45. The van der Waals surface area contributed by atoms with Gasteiger partial charge in [0.1, 0.15) is 4.90 Å². The van der Waals surface area contributed by atoms with Crippen molar-refractivity contribution >= 4 is 32.8 Å². The van der Waals surface area contributed by atoms with E-state index in [0.29, 0.717) is 11.0 Å². The first kappa shape index (κ1) is 11.6. The number of thiazole rings is 1. The molecule has 0 N–H and O–H groups in total. The molecule has 0 aliphatic carbocycles. The molecule has 8 heteroatoms. The van der Waals surface area contributed by atoms with Gasteiger partial charge in [-0.15, -0.1) is 11.3 Å². The number of hydrogen-bond acceptors (Lipinski definition) is 5. The van der Waals surface area contributed by atoms with Crippen molar-refractivity contribution in [3.63, 3.8) is 0 Å². The molecule has 2 heterocycles. The quantitative estimate of drug-likeness (QED) is 0.852. The number of halogens is 1. The number of nitrogens with zero attached hydrogens (tertiary/aromatic N) is 3. The molecule has 0 radical (unpaired) electrons. The van der Waals surface area contributed by atoms with E-state index in [-0.39, 0.29) is 4.90 Å². The lowest BCUT2D eigenvalue weighted by Gasteiger charge is -1.95. The predicted octanol–water partition coefficient (Wildman–Crippen LogP) is 1.44. The van der Waals surface area contributed by atoms with Crippen LogP contribution in [0.4, 0.5) is 0 Å². The van der Waals surface area contributed by atoms with E-state index in [1.807, 2.05) is 0 Å². The van der Waals surface area contributed by atoms with Gasteiger partial charge in [-0.05, 0) is 0 Å². The van der Waals surface area contributed by atoms with Crippen molar-refractivity contribution in [1.29, 1.82) is 0 Å². The second-order valence-corrected chi connectivity index (χ2v) is 6.94. The summed E-state index contributed by atoms with van der Waals surface area (Å²) in [5, 5.41) is 3.96. The van der Waals surface area contributed by atoms with E-state index in [0.717, 1.165) is 11.1 Å². The molecule has 0 saturated heterocycles. The number of rotatable bonds is 3. The van der Waals surface area contributed by atoms with Gasteiger partial charge in [0, 0.05) is 23.5 Å². The molecule has 16 heavy (non-hydrogen) atoms. The Labute approximate surface area is 102 Å². The van der Waals surface area contributed by atoms with Crippen molar-refractivity contribution in [3.8, 4) is 0 Å². The van der Waals surface area contributed by atoms with Crippen LogP contribution in [0.15, 0.2) is 23.5 Å². The van der Waals surface area contributed by atoms with Crippen molar-refractivity contribution in [3.05, 3.63) is 27.9 Å². The second kappa shape index (κ2) is 4.15. The van der Waals surface area contributed by atoms with E-state index in [4.69, 9.17) is 11.6 Å². The Balaban J connectivity index is 2.21. The summed E-state index contributed by atoms with van der Waals surface area (Å²) < 4.78 is 24.4. The van der Waals surface area contributed by atoms with Gasteiger partial charge in [0.15, 0.2) is 14.3 Å². The van der Waals surface area contributed by atoms with Crippen molar-refractivity contribution in [2.75, 3.05) is 6.26 Å². The molecule has 2 rings (SSSR count). The lowest BCUT2D eigenvalue weighted by atomic mass is 10.5. The molecule has 0 unspecified atom stereocenters. The molecular formula is C8H8ClN3O2S2. The molecule has 0 aromatic carbocycles. The van der Waals surface area contributed by atoms with E-state index >= 15 is 0 Å². The van der Waals surface area contributed by atoms with Crippen LogP contribution in [0.2, 0.25) is 4.47 Å². The summed E-state index contributed by atoms with van der Waals surface area (Å²) in [5.41, 5.74) is 0. The highest BCUT2D eigenvalue weighted by Crippen LogP contribution is 2.18. The Morgan fingerprint density at radius 1 is 1.50 bits per heavy atom. The van der Waals surface area contributed by atoms with E-state index < -0.39 is 9.84 Å². The molecule has 0 atom stereocenters. The minimum absolute atomic E-state index is 0.211. The Bertz CT molecular complexity index is 602. The topological polar surface area (TPSA) is 64.8 Å². The van der Waals surface area contributed by atoms with Crippen molar-refractivity contribution in [2.24, 2.45) is 0 Å². The fourth-order valence-corrected chi connectivity index (χ4v) is 2.66. The van der Waals surface area contributed by atoms with Gasteiger partial charge >= 0.3 is 0 Å². The van der Waals surface area contributed by atoms with Crippen LogP contribution in [-0.4, -0.2) is 29.4 Å². The Hall–Kier alpha value is -0.920. The monoisotopic (exact) mass is 277 g/mol. The van der Waals surface area contributed by atoms with Crippen LogP contribution in [0.1, 0.15) is 4.88 Å². The summed E-state index contributed by atoms with van der Waals surface area (Å²) in [4.78, 5) is 5.03. The Kier molecular flexibility index (Phi) is 3.00. The number of aromatic nitrogens is 3. The largest absolute Gasteiger partial charge is 0.266 e. The number of sulfone groups is 1. The molecule has 0 amide bonds. The molecule has 2 aromatic heterocycles. The van der Waals surface area contributed by atoms with Gasteiger partial charge in [0.2, 0.25) is 0 Å². The van der Waals surface area contributed by atoms with Crippen molar-refractivity contribution in [1.82, 2.24) is 14.8 Å². The lowest BCUT2D eigenvalue weighted by molar-refractivity contribution is 0.601. The highest BCUT2D eigenvalue weighted by Gasteiger charge is 2.10. The van der Waals surface area contributed by atoms with Gasteiger partial charge in [0.25, 0.3) is 0 Å². The normalized spacial score (nSPS) is 11.9. The van der Waals surface area contributed by atoms with Crippen LogP contribution >= 0.6 is 22.9 Å². The minimum atomic E-state index is -3.19. The summed E-state index contributed by atoms with van der Waals surface area (Å²) >= 11 is 7.03. The van der Waals surface area contributed by atoms with E-state index in [2.05, 4.69) is 10.1 Å². The smallest absolute Gasteiger partial charge is 0.183 e. The van der Waals surface area contributed by atoms with Crippen LogP contribution in [0.5, 0.6) is 0 Å². The third kappa shape index (κ3) is 2.60. The fraction of sp³-hybridized carbons (Fsp3) is 0.250. The molecule has 5 nitrogen and oxygen atoms in total. The van der Waals surface area contributed by atoms with Gasteiger partial charge in [-0.3, -0.25) is 4.68 Å². The van der Waals surface area contributed by atoms with E-state index in [1.54, 1.807) is 10.9 Å². The van der Waals surface area contributed by atoms with Gasteiger partial charge in [0.05, 0.1) is 12.7 Å². The molecule has 0 spiro atoms. The van der Waals surface area contributed by atoms with Gasteiger partial charge < -0.3 is 0 Å². The van der Waals surface area contributed by atoms with Crippen molar-refractivity contribution < 1.29 is 8.42 Å². The molecular weight excluding hydrogens is 270 g/mol. The Morgan fingerprint density at radius 3 is 2.75 bits per heavy atom. The maximum Gasteiger partial charge on any atom is 0.183 e. The third-order valence-electron chi connectivity index (χ3n) is 1.88. The molecule has 0 aliphatic heterocycles. The van der Waals surface area contributed by atoms with Gasteiger partial charge in [-0.2, -0.15) is 5.10 Å². The van der Waals surface area contributed by atoms with E-state index in [9.17, 15) is 8.42 Å². The molecule has 0 saturated carbocycles. The first-order valence-corrected chi connectivity index (χ1v) is 7.36. The van der Waals surface area contributed by atoms with Crippen LogP contribution in [0, 0.1) is 0 Å². The zero-order valence-electron chi connectivity index (χ0n) is 8.29. The zero-order chi connectivity index (χ0) is 11.8. The highest BCUT2D eigenvalue weighted by atomic mass is 35.5. The molecule has 2 aromatic rings. The molecule has 0 bridgehead atoms. The predicted molar refractivity (Wildman–Crippen MR) is 61.6 cm³/mol. The minimum Gasteiger partial charge on any atom is -0.266 e. The average Bonchev–Trinajstić information content (AvgIpc) is 2.74. The molecule has 0 fully saturated rings.